The highest BCUT2D eigenvalue weighted by Gasteiger charge is 2.24. The fourth-order valence-corrected chi connectivity index (χ4v) is 1.80. The molecule has 0 bridgehead atoms. The van der Waals surface area contributed by atoms with Crippen LogP contribution in [0.2, 0.25) is 5.02 Å². The molecule has 104 valence electrons. The van der Waals surface area contributed by atoms with Crippen LogP contribution in [0.25, 0.3) is 0 Å². The fourth-order valence-electron chi connectivity index (χ4n) is 1.63. The number of hydrogen-bond donors (Lipinski definition) is 2. The lowest BCUT2D eigenvalue weighted by atomic mass is 10.1. The number of aliphatic carboxylic acids is 1. The van der Waals surface area contributed by atoms with Gasteiger partial charge in [0.05, 0.1) is 5.56 Å². The van der Waals surface area contributed by atoms with Gasteiger partial charge in [0.25, 0.3) is 5.91 Å². The lowest BCUT2D eigenvalue weighted by molar-refractivity contribution is -0.138. The van der Waals surface area contributed by atoms with Crippen molar-refractivity contribution in [2.75, 3.05) is 6.54 Å². The van der Waals surface area contributed by atoms with Crippen molar-refractivity contribution in [3.63, 3.8) is 0 Å². The van der Waals surface area contributed by atoms with Gasteiger partial charge >= 0.3 is 5.97 Å². The van der Waals surface area contributed by atoms with Gasteiger partial charge in [-0.3, -0.25) is 9.59 Å². The van der Waals surface area contributed by atoms with E-state index >= 15 is 0 Å². The van der Waals surface area contributed by atoms with Crippen molar-refractivity contribution in [1.29, 1.82) is 0 Å². The molecule has 0 saturated heterocycles. The molecule has 0 aliphatic rings. The molecule has 2 N–H and O–H groups in total. The molecule has 19 heavy (non-hydrogen) atoms. The SMILES string of the molecule is CCC(C)N(CC(=O)O)C(=O)c1ccc(Cl)cc1O. The number of halogens is 1. The molecule has 0 aromatic heterocycles. The maximum absolute atomic E-state index is 12.3. The van der Waals surface area contributed by atoms with Gasteiger partial charge in [0.1, 0.15) is 12.3 Å². The monoisotopic (exact) mass is 285 g/mol. The molecule has 0 saturated carbocycles. The van der Waals surface area contributed by atoms with Gasteiger partial charge in [-0.2, -0.15) is 0 Å². The number of benzene rings is 1. The zero-order valence-corrected chi connectivity index (χ0v) is 11.5. The first-order valence-electron chi connectivity index (χ1n) is 5.88. The minimum absolute atomic E-state index is 0.0472. The number of phenols is 1. The molecule has 0 radical (unpaired) electrons. The number of hydrogen-bond acceptors (Lipinski definition) is 3. The first kappa shape index (κ1) is 15.3. The minimum Gasteiger partial charge on any atom is -0.507 e. The van der Waals surface area contributed by atoms with Crippen LogP contribution >= 0.6 is 11.6 Å². The molecule has 1 rings (SSSR count). The van der Waals surface area contributed by atoms with Crippen molar-refractivity contribution in [2.24, 2.45) is 0 Å². The van der Waals surface area contributed by atoms with Gasteiger partial charge in [0.2, 0.25) is 0 Å². The standard InChI is InChI=1S/C13H16ClNO4/c1-3-8(2)15(7-12(17)18)13(19)10-5-4-9(14)6-11(10)16/h4-6,8,16H,3,7H2,1-2H3,(H,17,18). The van der Waals surface area contributed by atoms with E-state index in [1.165, 1.54) is 23.1 Å². The Morgan fingerprint density at radius 1 is 1.42 bits per heavy atom. The Balaban J connectivity index is 3.08. The zero-order chi connectivity index (χ0) is 14.6. The average Bonchev–Trinajstić information content (AvgIpc) is 2.34. The van der Waals surface area contributed by atoms with E-state index < -0.39 is 18.4 Å². The van der Waals surface area contributed by atoms with Crippen molar-refractivity contribution >= 4 is 23.5 Å². The van der Waals surface area contributed by atoms with Gasteiger partial charge < -0.3 is 15.1 Å². The molecule has 1 aromatic carbocycles. The first-order chi connectivity index (χ1) is 8.86. The topological polar surface area (TPSA) is 77.8 Å². The molecular weight excluding hydrogens is 270 g/mol. The van der Waals surface area contributed by atoms with Crippen molar-refractivity contribution < 1.29 is 19.8 Å². The number of phenolic OH excluding ortho intramolecular Hbond substituents is 1. The number of carbonyl (C=O) groups excluding carboxylic acids is 1. The number of carboxylic acid groups (broad SMARTS) is 1. The Hall–Kier alpha value is -1.75. The van der Waals surface area contributed by atoms with Crippen LogP contribution in [0.3, 0.4) is 0 Å². The third-order valence-electron chi connectivity index (χ3n) is 2.88. The molecule has 6 heteroatoms. The summed E-state index contributed by atoms with van der Waals surface area (Å²) in [5.41, 5.74) is 0.0472. The largest absolute Gasteiger partial charge is 0.507 e. The molecule has 1 aromatic rings. The number of amides is 1. The summed E-state index contributed by atoms with van der Waals surface area (Å²) in [6.45, 7) is 3.21. The summed E-state index contributed by atoms with van der Waals surface area (Å²) < 4.78 is 0. The molecular formula is C13H16ClNO4. The normalized spacial score (nSPS) is 11.9. The van der Waals surface area contributed by atoms with Gasteiger partial charge in [0, 0.05) is 11.1 Å². The summed E-state index contributed by atoms with van der Waals surface area (Å²) in [5, 5.41) is 18.9. The highest BCUT2D eigenvalue weighted by molar-refractivity contribution is 6.30. The predicted octanol–water partition coefficient (Wildman–Crippen LogP) is 2.37. The quantitative estimate of drug-likeness (QED) is 0.870. The molecule has 0 fully saturated rings. The molecule has 0 aliphatic heterocycles. The van der Waals surface area contributed by atoms with E-state index in [0.717, 1.165) is 0 Å². The lowest BCUT2D eigenvalue weighted by Gasteiger charge is -2.27. The fraction of sp³-hybridized carbons (Fsp3) is 0.385. The first-order valence-corrected chi connectivity index (χ1v) is 6.25. The average molecular weight is 286 g/mol. The maximum atomic E-state index is 12.3. The Morgan fingerprint density at radius 3 is 2.53 bits per heavy atom. The molecule has 0 spiro atoms. The van der Waals surface area contributed by atoms with E-state index in [2.05, 4.69) is 0 Å². The van der Waals surface area contributed by atoms with Crippen LogP contribution in [0, 0.1) is 0 Å². The Bertz CT molecular complexity index is 490. The van der Waals surface area contributed by atoms with Crippen LogP contribution in [-0.4, -0.2) is 39.6 Å². The van der Waals surface area contributed by atoms with Crippen molar-refractivity contribution in [2.45, 2.75) is 26.3 Å². The molecule has 1 atom stereocenters. The molecule has 1 amide bonds. The highest BCUT2D eigenvalue weighted by Crippen LogP contribution is 2.24. The van der Waals surface area contributed by atoms with Gasteiger partial charge in [0.15, 0.2) is 0 Å². The summed E-state index contributed by atoms with van der Waals surface area (Å²) in [6, 6.07) is 3.88. The molecule has 0 heterocycles. The van der Waals surface area contributed by atoms with E-state index in [4.69, 9.17) is 16.7 Å². The van der Waals surface area contributed by atoms with Crippen molar-refractivity contribution in [1.82, 2.24) is 4.90 Å². The Kier molecular flexibility index (Phi) is 5.18. The van der Waals surface area contributed by atoms with Crippen LogP contribution in [0.5, 0.6) is 5.75 Å². The van der Waals surface area contributed by atoms with Crippen molar-refractivity contribution in [3.8, 4) is 5.75 Å². The molecule has 1 unspecified atom stereocenters. The third-order valence-corrected chi connectivity index (χ3v) is 3.11. The van der Waals surface area contributed by atoms with Crippen LogP contribution in [0.1, 0.15) is 30.6 Å². The molecule has 0 aliphatic carbocycles. The minimum atomic E-state index is -1.10. The third kappa shape index (κ3) is 3.86. The van der Waals surface area contributed by atoms with Gasteiger partial charge in [-0.05, 0) is 31.5 Å². The van der Waals surface area contributed by atoms with E-state index in [0.29, 0.717) is 11.4 Å². The van der Waals surface area contributed by atoms with Crippen LogP contribution in [0.4, 0.5) is 0 Å². The van der Waals surface area contributed by atoms with Crippen molar-refractivity contribution in [3.05, 3.63) is 28.8 Å². The second-order valence-electron chi connectivity index (χ2n) is 4.25. The summed E-state index contributed by atoms with van der Waals surface area (Å²) in [4.78, 5) is 24.3. The van der Waals surface area contributed by atoms with E-state index in [1.807, 2.05) is 6.92 Å². The summed E-state index contributed by atoms with van der Waals surface area (Å²) >= 11 is 5.70. The number of aromatic hydroxyl groups is 1. The van der Waals surface area contributed by atoms with E-state index in [1.54, 1.807) is 6.92 Å². The second-order valence-corrected chi connectivity index (χ2v) is 4.68. The van der Waals surface area contributed by atoms with Gasteiger partial charge in [-0.1, -0.05) is 18.5 Å². The molecule has 5 nitrogen and oxygen atoms in total. The van der Waals surface area contributed by atoms with Gasteiger partial charge in [-0.15, -0.1) is 0 Å². The van der Waals surface area contributed by atoms with Crippen LogP contribution < -0.4 is 0 Å². The van der Waals surface area contributed by atoms with Crippen LogP contribution in [0.15, 0.2) is 18.2 Å². The Morgan fingerprint density at radius 2 is 2.05 bits per heavy atom. The number of carboxylic acids is 1. The summed E-state index contributed by atoms with van der Waals surface area (Å²) in [7, 11) is 0. The van der Waals surface area contributed by atoms with E-state index in [9.17, 15) is 14.7 Å². The van der Waals surface area contributed by atoms with Crippen LogP contribution in [-0.2, 0) is 4.79 Å². The zero-order valence-electron chi connectivity index (χ0n) is 10.8. The predicted molar refractivity (Wildman–Crippen MR) is 71.5 cm³/mol. The number of nitrogens with zero attached hydrogens (tertiary/aromatic N) is 1. The smallest absolute Gasteiger partial charge is 0.323 e. The summed E-state index contributed by atoms with van der Waals surface area (Å²) in [5.74, 6) is -1.87. The highest BCUT2D eigenvalue weighted by atomic mass is 35.5. The van der Waals surface area contributed by atoms with E-state index in [-0.39, 0.29) is 17.4 Å². The lowest BCUT2D eigenvalue weighted by Crippen LogP contribution is -2.41. The second kappa shape index (κ2) is 6.43. The van der Waals surface area contributed by atoms with Gasteiger partial charge in [-0.25, -0.2) is 0 Å². The number of carbonyl (C=O) groups is 2. The maximum Gasteiger partial charge on any atom is 0.323 e. The Labute approximate surface area is 116 Å². The summed E-state index contributed by atoms with van der Waals surface area (Å²) in [6.07, 6.45) is 0.618. The number of rotatable bonds is 5.